The molecule has 0 radical (unpaired) electrons. The van der Waals surface area contributed by atoms with Gasteiger partial charge in [0, 0.05) is 56.3 Å². The Bertz CT molecular complexity index is 912. The topological polar surface area (TPSA) is 50.2 Å². The van der Waals surface area contributed by atoms with Gasteiger partial charge in [-0.25, -0.2) is 4.99 Å². The fourth-order valence-corrected chi connectivity index (χ4v) is 4.12. The maximum atomic E-state index is 6.14. The summed E-state index contributed by atoms with van der Waals surface area (Å²) in [6.07, 6.45) is 8.70. The monoisotopic (exact) mass is 376 g/mol. The van der Waals surface area contributed by atoms with E-state index in [2.05, 4.69) is 52.3 Å². The van der Waals surface area contributed by atoms with E-state index < -0.39 is 0 Å². The van der Waals surface area contributed by atoms with Crippen molar-refractivity contribution in [3.63, 3.8) is 0 Å². The Morgan fingerprint density at radius 3 is 2.89 bits per heavy atom. The quantitative estimate of drug-likeness (QED) is 0.824. The van der Waals surface area contributed by atoms with Crippen molar-refractivity contribution in [1.29, 1.82) is 0 Å². The Morgan fingerprint density at radius 2 is 2.00 bits per heavy atom. The molecule has 2 atom stereocenters. The number of hydrogen-bond acceptors (Lipinski definition) is 6. The van der Waals surface area contributed by atoms with Gasteiger partial charge in [0.1, 0.15) is 5.75 Å². The van der Waals surface area contributed by atoms with E-state index in [1.54, 1.807) is 12.4 Å². The minimum absolute atomic E-state index is 0.000631. The zero-order valence-electron chi connectivity index (χ0n) is 16.0. The van der Waals surface area contributed by atoms with Crippen molar-refractivity contribution >= 4 is 5.71 Å². The number of ether oxygens (including phenoxy) is 2. The fourth-order valence-electron chi connectivity index (χ4n) is 4.12. The molecule has 28 heavy (non-hydrogen) atoms. The van der Waals surface area contributed by atoms with Crippen molar-refractivity contribution in [2.75, 3.05) is 33.4 Å². The predicted octanol–water partition coefficient (Wildman–Crippen LogP) is 2.62. The number of para-hydroxylation sites is 1. The van der Waals surface area contributed by atoms with Crippen molar-refractivity contribution < 1.29 is 9.47 Å². The minimum Gasteiger partial charge on any atom is -0.493 e. The van der Waals surface area contributed by atoms with E-state index >= 15 is 0 Å². The molecule has 0 spiro atoms. The van der Waals surface area contributed by atoms with Gasteiger partial charge in [0.2, 0.25) is 0 Å². The lowest BCUT2D eigenvalue weighted by molar-refractivity contribution is -0.0639. The SMILES string of the molecule is CN1C=CC(c2ccncc2)=NC1N1CCOC(c2cccc3c2OCC3)C1. The molecular formula is C22H24N4O2. The van der Waals surface area contributed by atoms with E-state index in [0.717, 1.165) is 48.7 Å². The number of nitrogens with zero attached hydrogens (tertiary/aromatic N) is 4. The van der Waals surface area contributed by atoms with Gasteiger partial charge in [-0.3, -0.25) is 9.88 Å². The number of allylic oxidation sites excluding steroid dienone is 1. The first kappa shape index (κ1) is 17.4. The molecule has 6 nitrogen and oxygen atoms in total. The first-order chi connectivity index (χ1) is 13.8. The van der Waals surface area contributed by atoms with Crippen molar-refractivity contribution in [3.05, 3.63) is 71.7 Å². The molecular weight excluding hydrogens is 352 g/mol. The minimum atomic E-state index is -0.0442. The van der Waals surface area contributed by atoms with Crippen molar-refractivity contribution in [2.45, 2.75) is 18.8 Å². The van der Waals surface area contributed by atoms with Crippen LogP contribution in [0, 0.1) is 0 Å². The Hall–Kier alpha value is -2.70. The highest BCUT2D eigenvalue weighted by Gasteiger charge is 2.32. The number of aliphatic imine (C=N–C) groups is 1. The third kappa shape index (κ3) is 3.19. The number of rotatable bonds is 3. The average Bonchev–Trinajstić information content (AvgIpc) is 3.24. The van der Waals surface area contributed by atoms with Gasteiger partial charge in [-0.2, -0.15) is 0 Å². The number of pyridine rings is 1. The first-order valence-corrected chi connectivity index (χ1v) is 9.78. The van der Waals surface area contributed by atoms with Crippen LogP contribution in [0.1, 0.15) is 22.8 Å². The van der Waals surface area contributed by atoms with Crippen molar-refractivity contribution in [3.8, 4) is 5.75 Å². The van der Waals surface area contributed by atoms with Crippen LogP contribution in [0.2, 0.25) is 0 Å². The summed E-state index contributed by atoms with van der Waals surface area (Å²) in [7, 11) is 2.07. The van der Waals surface area contributed by atoms with Gasteiger partial charge in [-0.1, -0.05) is 18.2 Å². The zero-order chi connectivity index (χ0) is 18.9. The van der Waals surface area contributed by atoms with Gasteiger partial charge in [0.15, 0.2) is 6.29 Å². The van der Waals surface area contributed by atoms with Gasteiger partial charge in [-0.15, -0.1) is 0 Å². The Labute approximate surface area is 165 Å². The highest BCUT2D eigenvalue weighted by atomic mass is 16.5. The summed E-state index contributed by atoms with van der Waals surface area (Å²) in [5, 5.41) is 0. The number of hydrogen-bond donors (Lipinski definition) is 0. The molecule has 6 heteroatoms. The molecule has 144 valence electrons. The smallest absolute Gasteiger partial charge is 0.178 e. The number of morpholine rings is 1. The van der Waals surface area contributed by atoms with Crippen LogP contribution < -0.4 is 4.74 Å². The van der Waals surface area contributed by atoms with Crippen molar-refractivity contribution in [1.82, 2.24) is 14.8 Å². The fraction of sp³-hybridized carbons (Fsp3) is 0.364. The van der Waals surface area contributed by atoms with E-state index in [9.17, 15) is 0 Å². The second-order valence-corrected chi connectivity index (χ2v) is 7.37. The summed E-state index contributed by atoms with van der Waals surface area (Å²) in [6, 6.07) is 10.4. The molecule has 0 aliphatic carbocycles. The summed E-state index contributed by atoms with van der Waals surface area (Å²) in [5.74, 6) is 1.02. The Morgan fingerprint density at radius 1 is 1.11 bits per heavy atom. The molecule has 4 heterocycles. The molecule has 1 aromatic heterocycles. The van der Waals surface area contributed by atoms with Crippen LogP contribution in [0.15, 0.2) is 60.0 Å². The largest absolute Gasteiger partial charge is 0.493 e. The third-order valence-corrected chi connectivity index (χ3v) is 5.58. The predicted molar refractivity (Wildman–Crippen MR) is 107 cm³/mol. The molecule has 1 aromatic carbocycles. The normalized spacial score (nSPS) is 24.6. The van der Waals surface area contributed by atoms with Crippen LogP contribution in [0.5, 0.6) is 5.75 Å². The summed E-state index contributed by atoms with van der Waals surface area (Å²) < 4.78 is 12.0. The molecule has 2 aromatic rings. The van der Waals surface area contributed by atoms with Gasteiger partial charge in [-0.05, 0) is 23.8 Å². The Kier molecular flexibility index (Phi) is 4.58. The molecule has 2 unspecified atom stereocenters. The van der Waals surface area contributed by atoms with Crippen LogP contribution >= 0.6 is 0 Å². The van der Waals surface area contributed by atoms with E-state index in [4.69, 9.17) is 14.5 Å². The lowest BCUT2D eigenvalue weighted by Crippen LogP contribution is -2.50. The number of benzene rings is 1. The zero-order valence-corrected chi connectivity index (χ0v) is 16.0. The lowest BCUT2D eigenvalue weighted by atomic mass is 10.0. The van der Waals surface area contributed by atoms with E-state index in [1.165, 1.54) is 5.56 Å². The van der Waals surface area contributed by atoms with Crippen LogP contribution in [0.4, 0.5) is 0 Å². The molecule has 5 rings (SSSR count). The van der Waals surface area contributed by atoms with Crippen LogP contribution in [0.25, 0.3) is 0 Å². The molecule has 1 saturated heterocycles. The van der Waals surface area contributed by atoms with Gasteiger partial charge in [0.25, 0.3) is 0 Å². The molecule has 1 fully saturated rings. The van der Waals surface area contributed by atoms with Crippen LogP contribution in [0.3, 0.4) is 0 Å². The average molecular weight is 376 g/mol. The summed E-state index contributed by atoms with van der Waals surface area (Å²) in [4.78, 5) is 13.7. The third-order valence-electron chi connectivity index (χ3n) is 5.58. The summed E-state index contributed by atoms with van der Waals surface area (Å²) in [5.41, 5.74) is 4.52. The van der Waals surface area contributed by atoms with Gasteiger partial charge < -0.3 is 14.4 Å². The van der Waals surface area contributed by atoms with E-state index in [0.29, 0.717) is 6.61 Å². The molecule has 0 amide bonds. The Balaban J connectivity index is 1.40. The maximum Gasteiger partial charge on any atom is 0.178 e. The summed E-state index contributed by atoms with van der Waals surface area (Å²) in [6.45, 7) is 3.08. The molecule has 3 aliphatic rings. The van der Waals surface area contributed by atoms with Crippen molar-refractivity contribution in [2.24, 2.45) is 4.99 Å². The molecule has 3 aliphatic heterocycles. The highest BCUT2D eigenvalue weighted by Crippen LogP contribution is 2.36. The first-order valence-electron chi connectivity index (χ1n) is 9.78. The lowest BCUT2D eigenvalue weighted by Gasteiger charge is -2.41. The van der Waals surface area contributed by atoms with E-state index in [-0.39, 0.29) is 12.4 Å². The van der Waals surface area contributed by atoms with Gasteiger partial charge >= 0.3 is 0 Å². The molecule has 0 N–H and O–H groups in total. The van der Waals surface area contributed by atoms with Crippen LogP contribution in [-0.4, -0.2) is 60.1 Å². The van der Waals surface area contributed by atoms with E-state index in [1.807, 2.05) is 12.1 Å². The number of aromatic nitrogens is 1. The summed E-state index contributed by atoms with van der Waals surface area (Å²) >= 11 is 0. The maximum absolute atomic E-state index is 6.14. The van der Waals surface area contributed by atoms with Gasteiger partial charge in [0.05, 0.1) is 25.0 Å². The second-order valence-electron chi connectivity index (χ2n) is 7.37. The molecule has 0 saturated carbocycles. The number of fused-ring (bicyclic) bond motifs is 1. The second kappa shape index (κ2) is 7.37. The standard InChI is InChI=1S/C22H24N4O2/c1-25-11-7-19(16-5-9-23-10-6-16)24-22(25)26-12-14-27-20(15-26)18-4-2-3-17-8-13-28-21(17)18/h2-7,9-11,20,22H,8,12-15H2,1H3. The molecule has 0 bridgehead atoms. The highest BCUT2D eigenvalue weighted by molar-refractivity contribution is 6.08. The van der Waals surface area contributed by atoms with Crippen LogP contribution in [-0.2, 0) is 11.2 Å².